The smallest absolute Gasteiger partial charge is 0.246 e. The lowest BCUT2D eigenvalue weighted by molar-refractivity contribution is -0.928. The predicted molar refractivity (Wildman–Crippen MR) is 122 cm³/mol. The first-order chi connectivity index (χ1) is 14.0. The SMILES string of the molecule is C=C(C)C(=O)NCCC[N+](CCC)(CCC)CCC.Cc1ccc(S(=O)(=O)[O-])cc1. The minimum atomic E-state index is -4.27. The molecule has 0 aliphatic heterocycles. The van der Waals surface area contributed by atoms with Crippen molar-refractivity contribution in [1.82, 2.24) is 5.32 Å². The van der Waals surface area contributed by atoms with Gasteiger partial charge < -0.3 is 14.4 Å². The molecule has 1 N–H and O–H groups in total. The number of hydrogen-bond acceptors (Lipinski definition) is 4. The Morgan fingerprint density at radius 1 is 1.00 bits per heavy atom. The van der Waals surface area contributed by atoms with Crippen LogP contribution in [0.25, 0.3) is 0 Å². The fourth-order valence-corrected chi connectivity index (χ4v) is 4.04. The van der Waals surface area contributed by atoms with Gasteiger partial charge in [-0.15, -0.1) is 0 Å². The molecule has 1 rings (SSSR count). The molecule has 30 heavy (non-hydrogen) atoms. The molecule has 0 aliphatic carbocycles. The highest BCUT2D eigenvalue weighted by atomic mass is 32.2. The first-order valence-corrected chi connectivity index (χ1v) is 12.2. The molecule has 0 saturated carbocycles. The Kier molecular flexibility index (Phi) is 13.5. The lowest BCUT2D eigenvalue weighted by Gasteiger charge is -2.38. The summed E-state index contributed by atoms with van der Waals surface area (Å²) in [6.07, 6.45) is 4.76. The Morgan fingerprint density at radius 2 is 1.47 bits per heavy atom. The van der Waals surface area contributed by atoms with Crippen LogP contribution in [0, 0.1) is 6.92 Å². The molecule has 1 amide bonds. The average Bonchev–Trinajstić information content (AvgIpc) is 2.66. The Hall–Kier alpha value is -1.70. The van der Waals surface area contributed by atoms with Crippen LogP contribution in [0.4, 0.5) is 0 Å². The Bertz CT molecular complexity index is 726. The summed E-state index contributed by atoms with van der Waals surface area (Å²) in [4.78, 5) is 11.3. The number of aryl methyl sites for hydroxylation is 1. The van der Waals surface area contributed by atoms with Gasteiger partial charge in [-0.3, -0.25) is 4.79 Å². The zero-order valence-electron chi connectivity index (χ0n) is 19.4. The van der Waals surface area contributed by atoms with Crippen molar-refractivity contribution in [3.05, 3.63) is 42.0 Å². The maximum absolute atomic E-state index is 11.4. The minimum Gasteiger partial charge on any atom is -0.744 e. The standard InChI is InChI=1S/C16H32N2O.C7H8O3S/c1-6-11-18(12-7-2,13-8-3)14-9-10-17-16(19)15(4)5;1-6-2-4-7(5-3-6)11(8,9)10/h4,6-14H2,1-3,5H3;2-5H,1H3,(H,8,9,10). The largest absolute Gasteiger partial charge is 0.744 e. The minimum absolute atomic E-state index is 0.0143. The maximum Gasteiger partial charge on any atom is 0.246 e. The summed E-state index contributed by atoms with van der Waals surface area (Å²) in [6.45, 7) is 19.7. The van der Waals surface area contributed by atoms with Gasteiger partial charge >= 0.3 is 0 Å². The van der Waals surface area contributed by atoms with E-state index in [0.29, 0.717) is 5.57 Å². The van der Waals surface area contributed by atoms with Crippen LogP contribution >= 0.6 is 0 Å². The first kappa shape index (κ1) is 28.3. The Labute approximate surface area is 183 Å². The summed E-state index contributed by atoms with van der Waals surface area (Å²) in [6, 6.07) is 5.78. The molecule has 0 spiro atoms. The van der Waals surface area contributed by atoms with E-state index in [-0.39, 0.29) is 10.8 Å². The van der Waals surface area contributed by atoms with E-state index in [4.69, 9.17) is 0 Å². The van der Waals surface area contributed by atoms with E-state index in [0.717, 1.165) is 18.5 Å². The number of carbonyl (C=O) groups excluding carboxylic acids is 1. The number of benzene rings is 1. The number of hydrogen-bond donors (Lipinski definition) is 1. The molecule has 0 atom stereocenters. The van der Waals surface area contributed by atoms with Crippen LogP contribution in [-0.2, 0) is 14.9 Å². The summed E-state index contributed by atoms with van der Waals surface area (Å²) >= 11 is 0. The van der Waals surface area contributed by atoms with Crippen molar-refractivity contribution in [2.24, 2.45) is 0 Å². The van der Waals surface area contributed by atoms with Gasteiger partial charge in [-0.2, -0.15) is 0 Å². The molecular formula is C23H40N2O4S. The van der Waals surface area contributed by atoms with Crippen LogP contribution in [0.1, 0.15) is 58.9 Å². The van der Waals surface area contributed by atoms with E-state index in [1.165, 1.54) is 62.1 Å². The normalized spacial score (nSPS) is 11.4. The number of quaternary nitrogens is 1. The Balaban J connectivity index is 0.000000642. The molecule has 0 aliphatic rings. The predicted octanol–water partition coefficient (Wildman–Crippen LogP) is 4.01. The number of amides is 1. The van der Waals surface area contributed by atoms with Crippen molar-refractivity contribution in [3.8, 4) is 0 Å². The number of rotatable bonds is 12. The molecule has 1 aromatic rings. The van der Waals surface area contributed by atoms with Gasteiger partial charge in [-0.1, -0.05) is 45.0 Å². The Morgan fingerprint density at radius 3 is 1.83 bits per heavy atom. The second kappa shape index (κ2) is 14.3. The van der Waals surface area contributed by atoms with Gasteiger partial charge in [0.1, 0.15) is 10.1 Å². The maximum atomic E-state index is 11.4. The second-order valence-corrected chi connectivity index (χ2v) is 9.27. The van der Waals surface area contributed by atoms with Crippen molar-refractivity contribution in [2.75, 3.05) is 32.7 Å². The molecular weight excluding hydrogens is 400 g/mol. The van der Waals surface area contributed by atoms with Gasteiger partial charge in [-0.25, -0.2) is 8.42 Å². The summed E-state index contributed by atoms with van der Waals surface area (Å²) in [5, 5.41) is 2.93. The van der Waals surface area contributed by atoms with Crippen molar-refractivity contribution in [2.45, 2.75) is 65.2 Å². The third-order valence-electron chi connectivity index (χ3n) is 4.89. The third kappa shape index (κ3) is 11.5. The highest BCUT2D eigenvalue weighted by Gasteiger charge is 2.23. The van der Waals surface area contributed by atoms with Crippen LogP contribution in [-0.4, -0.2) is 56.1 Å². The lowest BCUT2D eigenvalue weighted by atomic mass is 10.2. The molecule has 0 unspecified atom stereocenters. The van der Waals surface area contributed by atoms with E-state index in [1.807, 2.05) is 6.92 Å². The molecule has 0 bridgehead atoms. The van der Waals surface area contributed by atoms with Crippen molar-refractivity contribution in [3.63, 3.8) is 0 Å². The summed E-state index contributed by atoms with van der Waals surface area (Å²) in [5.74, 6) is -0.0143. The highest BCUT2D eigenvalue weighted by molar-refractivity contribution is 7.85. The van der Waals surface area contributed by atoms with Crippen molar-refractivity contribution >= 4 is 16.0 Å². The van der Waals surface area contributed by atoms with Gasteiger partial charge in [0.05, 0.1) is 31.1 Å². The zero-order valence-corrected chi connectivity index (χ0v) is 20.2. The third-order valence-corrected chi connectivity index (χ3v) is 5.74. The molecule has 0 saturated heterocycles. The average molecular weight is 441 g/mol. The van der Waals surface area contributed by atoms with Gasteiger partial charge in [0, 0.05) is 18.5 Å². The fraction of sp³-hybridized carbons (Fsp3) is 0.609. The van der Waals surface area contributed by atoms with Crippen LogP contribution in [0.3, 0.4) is 0 Å². The van der Waals surface area contributed by atoms with Gasteiger partial charge in [0.2, 0.25) is 5.91 Å². The first-order valence-electron chi connectivity index (χ1n) is 10.8. The van der Waals surface area contributed by atoms with E-state index < -0.39 is 10.1 Å². The topological polar surface area (TPSA) is 86.3 Å². The van der Waals surface area contributed by atoms with Crippen molar-refractivity contribution in [1.29, 1.82) is 0 Å². The molecule has 7 heteroatoms. The molecule has 6 nitrogen and oxygen atoms in total. The van der Waals surface area contributed by atoms with Crippen molar-refractivity contribution < 1.29 is 22.2 Å². The summed E-state index contributed by atoms with van der Waals surface area (Å²) < 4.78 is 32.4. The van der Waals surface area contributed by atoms with Gasteiger partial charge in [0.15, 0.2) is 0 Å². The van der Waals surface area contributed by atoms with Crippen LogP contribution in [0.5, 0.6) is 0 Å². The second-order valence-electron chi connectivity index (χ2n) is 7.89. The van der Waals surface area contributed by atoms with Crippen LogP contribution in [0.15, 0.2) is 41.3 Å². The number of carbonyl (C=O) groups is 1. The summed E-state index contributed by atoms with van der Waals surface area (Å²) in [5.41, 5.74) is 1.52. The molecule has 172 valence electrons. The monoisotopic (exact) mass is 440 g/mol. The number of nitrogens with zero attached hydrogens (tertiary/aromatic N) is 1. The zero-order chi connectivity index (χ0) is 23.2. The number of nitrogens with one attached hydrogen (secondary N) is 1. The van der Waals surface area contributed by atoms with E-state index >= 15 is 0 Å². The van der Waals surface area contributed by atoms with E-state index in [1.54, 1.807) is 19.1 Å². The molecule has 0 radical (unpaired) electrons. The fourth-order valence-electron chi connectivity index (χ4n) is 3.57. The molecule has 1 aromatic carbocycles. The summed E-state index contributed by atoms with van der Waals surface area (Å²) in [7, 11) is -4.27. The van der Waals surface area contributed by atoms with Crippen LogP contribution in [0.2, 0.25) is 0 Å². The van der Waals surface area contributed by atoms with Gasteiger partial charge in [-0.05, 0) is 45.2 Å². The molecule has 0 heterocycles. The molecule has 0 aromatic heterocycles. The van der Waals surface area contributed by atoms with E-state index in [9.17, 15) is 17.8 Å². The van der Waals surface area contributed by atoms with Crippen LogP contribution < -0.4 is 5.32 Å². The van der Waals surface area contributed by atoms with E-state index in [2.05, 4.69) is 32.7 Å². The molecule has 0 fully saturated rings. The van der Waals surface area contributed by atoms with Gasteiger partial charge in [0.25, 0.3) is 0 Å². The highest BCUT2D eigenvalue weighted by Crippen LogP contribution is 2.13. The quantitative estimate of drug-likeness (QED) is 0.230. The lowest BCUT2D eigenvalue weighted by Crippen LogP contribution is -2.51.